The lowest BCUT2D eigenvalue weighted by atomic mass is 9.92. The predicted octanol–water partition coefficient (Wildman–Crippen LogP) is 3.91. The topological polar surface area (TPSA) is 112 Å². The van der Waals surface area contributed by atoms with Crippen molar-refractivity contribution in [2.24, 2.45) is 0 Å². The number of hydrogen-bond acceptors (Lipinski definition) is 8. The largest absolute Gasteiger partial charge is 0.467 e. The van der Waals surface area contributed by atoms with Gasteiger partial charge in [-0.1, -0.05) is 0 Å². The Morgan fingerprint density at radius 1 is 1.25 bits per heavy atom. The number of nitrogen functional groups attached to an aromatic ring is 1. The number of carbonyl (C=O) groups is 1. The lowest BCUT2D eigenvalue weighted by Gasteiger charge is -2.31. The molecule has 2 aliphatic heterocycles. The zero-order chi connectivity index (χ0) is 28.8. The Bertz CT molecular complexity index is 1440. The molecule has 0 saturated heterocycles. The minimum atomic E-state index is -4.56. The monoisotopic (exact) mass is 559 g/mol. The quantitative estimate of drug-likeness (QED) is 0.469. The molecule has 0 spiro atoms. The van der Waals surface area contributed by atoms with Gasteiger partial charge in [0.25, 0.3) is 5.91 Å². The molecule has 3 aromatic rings. The molecule has 1 amide bonds. The van der Waals surface area contributed by atoms with Crippen molar-refractivity contribution in [3.8, 4) is 6.01 Å². The Hall–Kier alpha value is -3.87. The molecule has 1 aromatic carbocycles. The van der Waals surface area contributed by atoms with Gasteiger partial charge in [-0.15, -0.1) is 0 Å². The van der Waals surface area contributed by atoms with Crippen LogP contribution in [0.25, 0.3) is 0 Å². The van der Waals surface area contributed by atoms with Gasteiger partial charge in [-0.25, -0.2) is 0 Å². The molecule has 2 aromatic heterocycles. The van der Waals surface area contributed by atoms with E-state index in [-0.39, 0.29) is 41.8 Å². The summed E-state index contributed by atoms with van der Waals surface area (Å²) in [7, 11) is 3.18. The van der Waals surface area contributed by atoms with Crippen molar-refractivity contribution in [3.05, 3.63) is 57.5 Å². The van der Waals surface area contributed by atoms with Crippen LogP contribution in [0.5, 0.6) is 6.01 Å². The fraction of sp³-hybridized carbons (Fsp3) is 0.481. The van der Waals surface area contributed by atoms with Crippen LogP contribution in [0.2, 0.25) is 0 Å². The maximum atomic E-state index is 14.0. The highest BCUT2D eigenvalue weighted by atomic mass is 19.4. The summed E-state index contributed by atoms with van der Waals surface area (Å²) in [6.07, 6.45) is -4.62. The van der Waals surface area contributed by atoms with E-state index in [0.717, 1.165) is 12.1 Å². The number of rotatable bonds is 5. The second kappa shape index (κ2) is 10.6. The summed E-state index contributed by atoms with van der Waals surface area (Å²) in [5.41, 5.74) is 7.96. The summed E-state index contributed by atoms with van der Waals surface area (Å²) in [5.74, 6) is 0.443. The van der Waals surface area contributed by atoms with Crippen LogP contribution in [0, 0.1) is 6.92 Å². The van der Waals surface area contributed by atoms with Gasteiger partial charge >= 0.3 is 12.2 Å². The molecule has 2 aliphatic rings. The van der Waals surface area contributed by atoms with E-state index in [1.807, 2.05) is 11.6 Å². The van der Waals surface area contributed by atoms with Crippen LogP contribution in [0.3, 0.4) is 0 Å². The zero-order valence-electron chi connectivity index (χ0n) is 22.9. The van der Waals surface area contributed by atoms with Crippen molar-refractivity contribution < 1.29 is 27.4 Å². The second-order valence-electron chi connectivity index (χ2n) is 10.1. The van der Waals surface area contributed by atoms with E-state index in [0.29, 0.717) is 48.9 Å². The number of nitrogens with zero attached hydrogens (tertiary/aromatic N) is 6. The molecular weight excluding hydrogens is 527 g/mol. The minimum absolute atomic E-state index is 0.0114. The third kappa shape index (κ3) is 5.17. The van der Waals surface area contributed by atoms with E-state index in [1.54, 1.807) is 18.0 Å². The molecule has 0 bridgehead atoms. The van der Waals surface area contributed by atoms with Crippen LogP contribution >= 0.6 is 0 Å². The van der Waals surface area contributed by atoms with E-state index < -0.39 is 17.8 Å². The zero-order valence-corrected chi connectivity index (χ0v) is 22.9. The summed E-state index contributed by atoms with van der Waals surface area (Å²) >= 11 is 0. The maximum absolute atomic E-state index is 14.0. The molecule has 0 saturated carbocycles. The molecule has 10 nitrogen and oxygen atoms in total. The number of methoxy groups -OCH3 is 1. The number of hydrogen-bond donors (Lipinski definition) is 1. The van der Waals surface area contributed by atoms with Crippen LogP contribution in [0.15, 0.2) is 18.2 Å². The van der Waals surface area contributed by atoms with Crippen molar-refractivity contribution in [2.75, 3.05) is 37.9 Å². The molecule has 2 N–H and O–H groups in total. The normalized spacial score (nSPS) is 17.2. The Balaban J connectivity index is 1.49. The first-order valence-electron chi connectivity index (χ1n) is 13.1. The molecule has 0 radical (unpaired) electrons. The van der Waals surface area contributed by atoms with Gasteiger partial charge in [-0.3, -0.25) is 9.48 Å². The number of aromatic nitrogens is 4. The van der Waals surface area contributed by atoms with Crippen LogP contribution in [0.4, 0.5) is 24.7 Å². The van der Waals surface area contributed by atoms with E-state index >= 15 is 0 Å². The first kappa shape index (κ1) is 27.7. The highest BCUT2D eigenvalue weighted by Gasteiger charge is 2.39. The molecule has 40 heavy (non-hydrogen) atoms. The Labute approximate surface area is 229 Å². The SMILES string of the molecule is CCN(C)C(=O)c1cc2n(n1)CCCN(c1nc(OC)nc3c1CO[C@H](c1cc(N)cc(C)c1C(F)(F)F)C3)C2. The van der Waals surface area contributed by atoms with E-state index in [1.165, 1.54) is 26.2 Å². The predicted molar refractivity (Wildman–Crippen MR) is 141 cm³/mol. The van der Waals surface area contributed by atoms with Crippen LogP contribution in [0.1, 0.15) is 63.6 Å². The number of aryl methyl sites for hydroxylation is 2. The molecule has 4 heterocycles. The van der Waals surface area contributed by atoms with Gasteiger partial charge in [0.2, 0.25) is 0 Å². The van der Waals surface area contributed by atoms with Crippen LogP contribution in [-0.4, -0.2) is 57.8 Å². The maximum Gasteiger partial charge on any atom is 0.417 e. The summed E-state index contributed by atoms with van der Waals surface area (Å²) in [6, 6.07) is 4.56. The number of amides is 1. The summed E-state index contributed by atoms with van der Waals surface area (Å²) < 4.78 is 55.3. The molecule has 0 fully saturated rings. The minimum Gasteiger partial charge on any atom is -0.467 e. The Kier molecular flexibility index (Phi) is 7.34. The number of halogens is 3. The Morgan fingerprint density at radius 3 is 2.73 bits per heavy atom. The van der Waals surface area contributed by atoms with Crippen LogP contribution in [-0.2, 0) is 37.0 Å². The van der Waals surface area contributed by atoms with E-state index in [4.69, 9.17) is 15.2 Å². The molecular formula is C27H32F3N7O3. The highest BCUT2D eigenvalue weighted by molar-refractivity contribution is 5.92. The fourth-order valence-corrected chi connectivity index (χ4v) is 5.35. The standard InChI is InChI=1S/C27H32F3N7O3/c1-5-35(3)25(38)21-11-17-13-36(7-6-8-37(17)34-21)24-19-14-40-22(12-20(19)32-26(33-24)39-4)18-10-16(31)9-15(2)23(18)27(28,29)30/h9-11,22H,5-8,12-14,31H2,1-4H3/t22-/m0/s1. The lowest BCUT2D eigenvalue weighted by molar-refractivity contribution is -0.140. The van der Waals surface area contributed by atoms with Gasteiger partial charge in [0, 0.05) is 44.4 Å². The van der Waals surface area contributed by atoms with Gasteiger partial charge in [0.1, 0.15) is 5.82 Å². The van der Waals surface area contributed by atoms with Crippen molar-refractivity contribution in [1.82, 2.24) is 24.6 Å². The van der Waals surface area contributed by atoms with Crippen molar-refractivity contribution >= 4 is 17.4 Å². The second-order valence-corrected chi connectivity index (χ2v) is 10.1. The average Bonchev–Trinajstić information content (AvgIpc) is 3.21. The molecule has 214 valence electrons. The molecule has 13 heteroatoms. The Morgan fingerprint density at radius 2 is 2.02 bits per heavy atom. The van der Waals surface area contributed by atoms with Crippen molar-refractivity contribution in [3.63, 3.8) is 0 Å². The van der Waals surface area contributed by atoms with Gasteiger partial charge in [0.15, 0.2) is 5.69 Å². The summed E-state index contributed by atoms with van der Waals surface area (Å²) in [4.78, 5) is 25.5. The number of nitrogens with two attached hydrogens (primary N) is 1. The first-order chi connectivity index (χ1) is 19.0. The summed E-state index contributed by atoms with van der Waals surface area (Å²) in [5, 5.41) is 4.53. The number of alkyl halides is 3. The summed E-state index contributed by atoms with van der Waals surface area (Å²) in [6.45, 7) is 5.59. The number of fused-ring (bicyclic) bond motifs is 2. The molecule has 1 atom stereocenters. The van der Waals surface area contributed by atoms with E-state index in [2.05, 4.69) is 20.0 Å². The van der Waals surface area contributed by atoms with Crippen LogP contribution < -0.4 is 15.4 Å². The van der Waals surface area contributed by atoms with E-state index in [9.17, 15) is 18.0 Å². The third-order valence-corrected chi connectivity index (χ3v) is 7.41. The van der Waals surface area contributed by atoms with Crippen molar-refractivity contribution in [1.29, 1.82) is 0 Å². The molecule has 5 rings (SSSR count). The van der Waals surface area contributed by atoms with Crippen molar-refractivity contribution in [2.45, 2.75) is 58.7 Å². The fourth-order valence-electron chi connectivity index (χ4n) is 5.35. The molecule has 0 aliphatic carbocycles. The number of anilines is 2. The van der Waals surface area contributed by atoms with Gasteiger partial charge in [0.05, 0.1) is 43.3 Å². The average molecular weight is 560 g/mol. The first-order valence-corrected chi connectivity index (χ1v) is 13.1. The lowest BCUT2D eigenvalue weighted by Crippen LogP contribution is -2.29. The number of benzene rings is 1. The van der Waals surface area contributed by atoms with Gasteiger partial charge < -0.3 is 25.0 Å². The third-order valence-electron chi connectivity index (χ3n) is 7.41. The van der Waals surface area contributed by atoms with Gasteiger partial charge in [-0.2, -0.15) is 28.2 Å². The number of carbonyl (C=O) groups excluding carboxylic acids is 1. The van der Waals surface area contributed by atoms with Gasteiger partial charge in [-0.05, 0) is 49.6 Å². The highest BCUT2D eigenvalue weighted by Crippen LogP contribution is 2.43. The smallest absolute Gasteiger partial charge is 0.417 e. The molecule has 0 unspecified atom stereocenters. The number of ether oxygens (including phenoxy) is 2.